The smallest absolute Gasteiger partial charge is 0.306 e. The summed E-state index contributed by atoms with van der Waals surface area (Å²) < 4.78 is 34.1. The molecule has 0 aromatic rings. The zero-order valence-corrected chi connectivity index (χ0v) is 43.8. The molecule has 13 heteroatoms. The van der Waals surface area contributed by atoms with E-state index in [9.17, 15) is 33.9 Å². The van der Waals surface area contributed by atoms with Crippen LogP contribution in [0.1, 0.15) is 226 Å². The first kappa shape index (κ1) is 60.6. The molecule has 0 amide bonds. The Bertz CT molecular complexity index is 1470. The Kier molecular flexibility index (Phi) is 31.3. The van der Waals surface area contributed by atoms with Gasteiger partial charge in [-0.2, -0.15) is 0 Å². The Morgan fingerprint density at radius 2 is 0.829 bits per heavy atom. The summed E-state index contributed by atoms with van der Waals surface area (Å²) in [6.45, 7) is 5.63. The second kappa shape index (κ2) is 36.2. The highest BCUT2D eigenvalue weighted by Crippen LogP contribution is 2.61. The van der Waals surface area contributed by atoms with E-state index < -0.39 is 29.4 Å². The number of unbranched alkanes of at least 4 members (excludes halogenated alkanes) is 11. The average molecular weight is 987 g/mol. The summed E-state index contributed by atoms with van der Waals surface area (Å²) in [5.41, 5.74) is -1.52. The lowest BCUT2D eigenvalue weighted by Gasteiger charge is -2.56. The molecule has 4 rings (SSSR count). The van der Waals surface area contributed by atoms with Crippen LogP contribution in [0, 0.1) is 28.6 Å². The third kappa shape index (κ3) is 27.2. The predicted octanol–water partition coefficient (Wildman–Crippen LogP) is 12.1. The van der Waals surface area contributed by atoms with Gasteiger partial charge in [-0.25, -0.2) is 0 Å². The Balaban J connectivity index is 1.61. The topological polar surface area (TPSA) is 178 Å². The number of carbonyl (C=O) groups is 6. The van der Waals surface area contributed by atoms with Crippen LogP contribution < -0.4 is 0 Å². The fourth-order valence-corrected chi connectivity index (χ4v) is 10.7. The molecular weight excluding hydrogens is 893 g/mol. The van der Waals surface area contributed by atoms with Crippen molar-refractivity contribution >= 4 is 35.8 Å². The molecule has 4 bridgehead atoms. The normalized spacial score (nSPS) is 19.9. The molecule has 70 heavy (non-hydrogen) atoms. The summed E-state index contributed by atoms with van der Waals surface area (Å²) in [5.74, 6) is -0.830. The number of esters is 6. The third-order valence-corrected chi connectivity index (χ3v) is 14.3. The Hall–Kier alpha value is -3.74. The van der Waals surface area contributed by atoms with E-state index in [0.29, 0.717) is 75.9 Å². The first-order valence-electron chi connectivity index (χ1n) is 27.8. The zero-order valence-electron chi connectivity index (χ0n) is 43.8. The number of carbonyl (C=O) groups excluding carboxylic acids is 6. The molecule has 1 unspecified atom stereocenters. The fourth-order valence-electron chi connectivity index (χ4n) is 10.7. The minimum Gasteiger partial charge on any atom is -0.465 e. The van der Waals surface area contributed by atoms with Gasteiger partial charge in [-0.3, -0.25) is 28.8 Å². The zero-order chi connectivity index (χ0) is 50.7. The quantitative estimate of drug-likeness (QED) is 0.0265. The number of hydrogen-bond acceptors (Lipinski definition) is 13. The molecule has 400 valence electrons. The van der Waals surface area contributed by atoms with Gasteiger partial charge in [0.2, 0.25) is 0 Å². The van der Waals surface area contributed by atoms with Crippen molar-refractivity contribution < 1.29 is 62.3 Å². The van der Waals surface area contributed by atoms with E-state index in [-0.39, 0.29) is 94.7 Å². The molecule has 4 aliphatic carbocycles. The molecule has 4 saturated carbocycles. The first-order chi connectivity index (χ1) is 33.9. The van der Waals surface area contributed by atoms with Gasteiger partial charge in [-0.05, 0) is 139 Å². The van der Waals surface area contributed by atoms with Gasteiger partial charge < -0.3 is 33.5 Å². The number of allylic oxidation sites excluding steroid dienone is 2. The number of aliphatic hydroxyl groups excluding tert-OH is 1. The SMILES string of the molecule is CCCCC/C=C\CCOC(=O)CCCCC(=O)OCC(COC(=O)CCCCC(=O)OCC/C=C\CCCCC)(COC(=O)CCC(O)CCCCCC)COC(=O)CC12CC3CC(CC(C3)C1)C2. The van der Waals surface area contributed by atoms with Crippen LogP contribution in [-0.2, 0) is 57.2 Å². The summed E-state index contributed by atoms with van der Waals surface area (Å²) in [6.07, 6.45) is 31.7. The van der Waals surface area contributed by atoms with E-state index >= 15 is 0 Å². The molecule has 0 aromatic carbocycles. The van der Waals surface area contributed by atoms with E-state index in [1.165, 1.54) is 44.9 Å². The van der Waals surface area contributed by atoms with E-state index in [4.69, 9.17) is 28.4 Å². The maximum atomic E-state index is 13.8. The lowest BCUT2D eigenvalue weighted by molar-refractivity contribution is -0.173. The summed E-state index contributed by atoms with van der Waals surface area (Å²) in [5, 5.41) is 10.6. The van der Waals surface area contributed by atoms with Crippen molar-refractivity contribution in [1.82, 2.24) is 0 Å². The van der Waals surface area contributed by atoms with Crippen LogP contribution in [0.25, 0.3) is 0 Å². The van der Waals surface area contributed by atoms with Gasteiger partial charge in [0.1, 0.15) is 31.8 Å². The van der Waals surface area contributed by atoms with Crippen molar-refractivity contribution in [2.24, 2.45) is 28.6 Å². The maximum Gasteiger partial charge on any atom is 0.306 e. The van der Waals surface area contributed by atoms with Crippen molar-refractivity contribution in [1.29, 1.82) is 0 Å². The summed E-state index contributed by atoms with van der Waals surface area (Å²) in [7, 11) is 0. The Morgan fingerprint density at radius 3 is 1.26 bits per heavy atom. The number of aliphatic hydroxyl groups is 1. The molecule has 0 aromatic heterocycles. The van der Waals surface area contributed by atoms with Crippen LogP contribution in [0.5, 0.6) is 0 Å². The van der Waals surface area contributed by atoms with Crippen LogP contribution in [-0.4, -0.2) is 86.7 Å². The van der Waals surface area contributed by atoms with E-state index in [0.717, 1.165) is 70.6 Å². The third-order valence-electron chi connectivity index (χ3n) is 14.3. The first-order valence-corrected chi connectivity index (χ1v) is 27.8. The van der Waals surface area contributed by atoms with Crippen molar-refractivity contribution in [2.45, 2.75) is 232 Å². The highest BCUT2D eigenvalue weighted by molar-refractivity contribution is 5.72. The van der Waals surface area contributed by atoms with Gasteiger partial charge in [0.15, 0.2) is 0 Å². The van der Waals surface area contributed by atoms with Crippen LogP contribution >= 0.6 is 0 Å². The molecule has 13 nitrogen and oxygen atoms in total. The van der Waals surface area contributed by atoms with Crippen LogP contribution in [0.4, 0.5) is 0 Å². The Labute approximate surface area is 421 Å². The minimum absolute atomic E-state index is 0.00354. The second-order valence-electron chi connectivity index (χ2n) is 21.1. The van der Waals surface area contributed by atoms with Crippen LogP contribution in [0.15, 0.2) is 24.3 Å². The molecule has 1 atom stereocenters. The molecule has 1 N–H and O–H groups in total. The number of rotatable bonds is 42. The van der Waals surface area contributed by atoms with Gasteiger partial charge in [0.05, 0.1) is 25.7 Å². The molecule has 0 saturated heterocycles. The minimum atomic E-state index is -1.43. The number of ether oxygens (including phenoxy) is 6. The van der Waals surface area contributed by atoms with Gasteiger partial charge in [0.25, 0.3) is 0 Å². The molecule has 4 fully saturated rings. The van der Waals surface area contributed by atoms with E-state index in [2.05, 4.69) is 32.9 Å². The second-order valence-corrected chi connectivity index (χ2v) is 21.1. The lowest BCUT2D eigenvalue weighted by atomic mass is 9.49. The van der Waals surface area contributed by atoms with Crippen molar-refractivity contribution in [3.05, 3.63) is 24.3 Å². The molecular formula is C57H94O13. The molecule has 4 aliphatic rings. The van der Waals surface area contributed by atoms with E-state index in [1.807, 2.05) is 12.2 Å². The van der Waals surface area contributed by atoms with Gasteiger partial charge in [0, 0.05) is 32.1 Å². The van der Waals surface area contributed by atoms with Gasteiger partial charge in [-0.15, -0.1) is 0 Å². The fraction of sp³-hybridized carbons (Fsp3) is 0.825. The predicted molar refractivity (Wildman–Crippen MR) is 270 cm³/mol. The number of hydrogen-bond donors (Lipinski definition) is 1. The molecule has 0 radical (unpaired) electrons. The van der Waals surface area contributed by atoms with Crippen molar-refractivity contribution in [2.75, 3.05) is 39.6 Å². The highest BCUT2D eigenvalue weighted by atomic mass is 16.6. The Morgan fingerprint density at radius 1 is 0.457 bits per heavy atom. The molecule has 0 spiro atoms. The van der Waals surface area contributed by atoms with Crippen LogP contribution in [0.2, 0.25) is 0 Å². The van der Waals surface area contributed by atoms with E-state index in [1.54, 1.807) is 0 Å². The highest BCUT2D eigenvalue weighted by Gasteiger charge is 2.52. The maximum absolute atomic E-state index is 13.8. The summed E-state index contributed by atoms with van der Waals surface area (Å²) in [6, 6.07) is 0. The van der Waals surface area contributed by atoms with Crippen molar-refractivity contribution in [3.63, 3.8) is 0 Å². The molecule has 0 aliphatic heterocycles. The summed E-state index contributed by atoms with van der Waals surface area (Å²) >= 11 is 0. The average Bonchev–Trinajstić information content (AvgIpc) is 3.33. The molecule has 0 heterocycles. The van der Waals surface area contributed by atoms with Gasteiger partial charge in [-0.1, -0.05) is 96.4 Å². The standard InChI is InChI=1S/C57H94O13/c1-4-7-10-13-15-17-24-33-65-50(59)27-20-22-29-52(61)67-42-57(44-69-54(63)32-31-49(58)26-19-12-9-6-3,45-70-55(64)41-56-38-46-35-47(39-56)37-48(36-46)40-56)43-68-53(62)30-23-21-28-51(60)66-34-25-18-16-14-11-8-5-2/h15-18,46-49,58H,4-14,19-45H2,1-3H3/b17-15-,18-16-. The largest absolute Gasteiger partial charge is 0.465 e. The summed E-state index contributed by atoms with van der Waals surface area (Å²) in [4.78, 5) is 78.2. The van der Waals surface area contributed by atoms with Crippen LogP contribution in [0.3, 0.4) is 0 Å². The van der Waals surface area contributed by atoms with Crippen molar-refractivity contribution in [3.8, 4) is 0 Å². The lowest BCUT2D eigenvalue weighted by Crippen LogP contribution is -2.47. The monoisotopic (exact) mass is 987 g/mol. The van der Waals surface area contributed by atoms with Gasteiger partial charge >= 0.3 is 35.8 Å².